The number of rotatable bonds is 3. The standard InChI is InChI=1S/C14H19NO2/c15-11-14(8-4-5-9-14)13(16)17-10-12-6-2-1-3-7-12/h1-2,12H,3-10H2. The summed E-state index contributed by atoms with van der Waals surface area (Å²) in [5.74, 6) is 0.160. The molecule has 0 amide bonds. The van der Waals surface area contributed by atoms with Crippen LogP contribution in [0.3, 0.4) is 0 Å². The van der Waals surface area contributed by atoms with Crippen molar-refractivity contribution in [2.24, 2.45) is 11.3 Å². The first-order chi connectivity index (χ1) is 8.27. The van der Waals surface area contributed by atoms with Crippen LogP contribution in [0.1, 0.15) is 44.9 Å². The largest absolute Gasteiger partial charge is 0.464 e. The fourth-order valence-corrected chi connectivity index (χ4v) is 2.68. The first-order valence-electron chi connectivity index (χ1n) is 6.50. The lowest BCUT2D eigenvalue weighted by atomic mass is 9.88. The van der Waals surface area contributed by atoms with E-state index in [1.54, 1.807) is 0 Å². The first-order valence-corrected chi connectivity index (χ1v) is 6.50. The van der Waals surface area contributed by atoms with Crippen LogP contribution in [0.25, 0.3) is 0 Å². The van der Waals surface area contributed by atoms with Crippen LogP contribution in [0.4, 0.5) is 0 Å². The summed E-state index contributed by atoms with van der Waals surface area (Å²) in [6.45, 7) is 0.479. The molecule has 0 aromatic rings. The molecule has 0 saturated heterocycles. The van der Waals surface area contributed by atoms with Gasteiger partial charge in [0.25, 0.3) is 0 Å². The van der Waals surface area contributed by atoms with E-state index in [0.717, 1.165) is 32.1 Å². The van der Waals surface area contributed by atoms with Crippen molar-refractivity contribution in [2.75, 3.05) is 6.61 Å². The lowest BCUT2D eigenvalue weighted by molar-refractivity contribution is -0.153. The minimum Gasteiger partial charge on any atom is -0.464 e. The van der Waals surface area contributed by atoms with E-state index in [1.807, 2.05) is 0 Å². The molecule has 2 aliphatic rings. The number of carbonyl (C=O) groups is 1. The van der Waals surface area contributed by atoms with Gasteiger partial charge in [-0.15, -0.1) is 0 Å². The highest BCUT2D eigenvalue weighted by Gasteiger charge is 2.43. The molecule has 3 nitrogen and oxygen atoms in total. The molecule has 0 radical (unpaired) electrons. The molecule has 92 valence electrons. The quantitative estimate of drug-likeness (QED) is 0.556. The van der Waals surface area contributed by atoms with Crippen molar-refractivity contribution in [2.45, 2.75) is 44.9 Å². The highest BCUT2D eigenvalue weighted by atomic mass is 16.5. The molecule has 1 saturated carbocycles. The zero-order valence-electron chi connectivity index (χ0n) is 10.2. The molecule has 0 N–H and O–H groups in total. The summed E-state index contributed by atoms with van der Waals surface area (Å²) in [4.78, 5) is 12.0. The predicted octanol–water partition coefficient (Wildman–Crippen LogP) is 2.97. The van der Waals surface area contributed by atoms with Crippen LogP contribution in [0, 0.1) is 22.7 Å². The first kappa shape index (κ1) is 12.2. The summed E-state index contributed by atoms with van der Waals surface area (Å²) in [6, 6.07) is 2.18. The highest BCUT2D eigenvalue weighted by Crippen LogP contribution is 2.38. The van der Waals surface area contributed by atoms with Gasteiger partial charge in [0.1, 0.15) is 0 Å². The Hall–Kier alpha value is -1.30. The van der Waals surface area contributed by atoms with Gasteiger partial charge in [-0.05, 0) is 38.0 Å². The van der Waals surface area contributed by atoms with Crippen molar-refractivity contribution in [3.8, 4) is 6.07 Å². The molecule has 1 unspecified atom stereocenters. The minimum atomic E-state index is -0.829. The van der Waals surface area contributed by atoms with E-state index in [2.05, 4.69) is 18.2 Å². The van der Waals surface area contributed by atoms with Gasteiger partial charge in [0, 0.05) is 0 Å². The number of hydrogen-bond acceptors (Lipinski definition) is 3. The molecular weight excluding hydrogens is 214 g/mol. The predicted molar refractivity (Wildman–Crippen MR) is 64.0 cm³/mol. The molecule has 0 spiro atoms. The normalized spacial score (nSPS) is 26.4. The molecule has 2 aliphatic carbocycles. The Kier molecular flexibility index (Phi) is 3.83. The van der Waals surface area contributed by atoms with Crippen molar-refractivity contribution in [3.63, 3.8) is 0 Å². The maximum Gasteiger partial charge on any atom is 0.326 e. The summed E-state index contributed by atoms with van der Waals surface area (Å²) in [5, 5.41) is 9.16. The van der Waals surface area contributed by atoms with E-state index in [9.17, 15) is 4.79 Å². The van der Waals surface area contributed by atoms with Crippen LogP contribution >= 0.6 is 0 Å². The molecule has 0 bridgehead atoms. The Morgan fingerprint density at radius 3 is 2.76 bits per heavy atom. The van der Waals surface area contributed by atoms with E-state index in [-0.39, 0.29) is 5.97 Å². The third-order valence-corrected chi connectivity index (χ3v) is 3.89. The Morgan fingerprint density at radius 2 is 2.18 bits per heavy atom. The van der Waals surface area contributed by atoms with Gasteiger partial charge in [-0.3, -0.25) is 4.79 Å². The van der Waals surface area contributed by atoms with Crippen LogP contribution in [0.15, 0.2) is 12.2 Å². The van der Waals surface area contributed by atoms with Gasteiger partial charge in [-0.25, -0.2) is 0 Å². The fourth-order valence-electron chi connectivity index (χ4n) is 2.68. The Bertz CT molecular complexity index is 348. The second-order valence-corrected chi connectivity index (χ2v) is 5.15. The zero-order chi connectivity index (χ0) is 12.1. The summed E-state index contributed by atoms with van der Waals surface area (Å²) >= 11 is 0. The maximum atomic E-state index is 12.0. The van der Waals surface area contributed by atoms with Crippen molar-refractivity contribution in [1.29, 1.82) is 5.26 Å². The van der Waals surface area contributed by atoms with E-state index in [0.29, 0.717) is 25.4 Å². The van der Waals surface area contributed by atoms with Crippen molar-refractivity contribution < 1.29 is 9.53 Å². The number of nitriles is 1. The number of nitrogens with zero attached hydrogens (tertiary/aromatic N) is 1. The van der Waals surface area contributed by atoms with E-state index >= 15 is 0 Å². The lowest BCUT2D eigenvalue weighted by Gasteiger charge is -2.22. The van der Waals surface area contributed by atoms with Gasteiger partial charge in [0.2, 0.25) is 0 Å². The molecule has 1 atom stereocenters. The Morgan fingerprint density at radius 1 is 1.41 bits per heavy atom. The summed E-state index contributed by atoms with van der Waals surface area (Å²) in [7, 11) is 0. The van der Waals surface area contributed by atoms with Crippen molar-refractivity contribution in [1.82, 2.24) is 0 Å². The second-order valence-electron chi connectivity index (χ2n) is 5.15. The van der Waals surface area contributed by atoms with E-state index in [1.165, 1.54) is 0 Å². The van der Waals surface area contributed by atoms with Gasteiger partial charge < -0.3 is 4.74 Å². The van der Waals surface area contributed by atoms with Gasteiger partial charge in [0.15, 0.2) is 5.41 Å². The number of esters is 1. The third-order valence-electron chi connectivity index (χ3n) is 3.89. The smallest absolute Gasteiger partial charge is 0.326 e. The number of allylic oxidation sites excluding steroid dienone is 2. The minimum absolute atomic E-state index is 0.285. The molecule has 3 heteroatoms. The second kappa shape index (κ2) is 5.35. The topological polar surface area (TPSA) is 50.1 Å². The van der Waals surface area contributed by atoms with Gasteiger partial charge in [-0.2, -0.15) is 5.26 Å². The van der Waals surface area contributed by atoms with Gasteiger partial charge >= 0.3 is 5.97 Å². The fraction of sp³-hybridized carbons (Fsp3) is 0.714. The van der Waals surface area contributed by atoms with E-state index < -0.39 is 5.41 Å². The van der Waals surface area contributed by atoms with Gasteiger partial charge in [0.05, 0.1) is 12.7 Å². The highest BCUT2D eigenvalue weighted by molar-refractivity contribution is 5.80. The van der Waals surface area contributed by atoms with Gasteiger partial charge in [-0.1, -0.05) is 25.0 Å². The maximum absolute atomic E-state index is 12.0. The van der Waals surface area contributed by atoms with Crippen LogP contribution < -0.4 is 0 Å². The summed E-state index contributed by atoms with van der Waals surface area (Å²) in [5.41, 5.74) is -0.829. The number of ether oxygens (including phenoxy) is 1. The van der Waals surface area contributed by atoms with Crippen LogP contribution in [-0.2, 0) is 9.53 Å². The third kappa shape index (κ3) is 2.69. The molecule has 1 fully saturated rings. The monoisotopic (exact) mass is 233 g/mol. The molecule has 0 aromatic heterocycles. The zero-order valence-corrected chi connectivity index (χ0v) is 10.2. The molecule has 0 heterocycles. The van der Waals surface area contributed by atoms with Crippen LogP contribution in [0.5, 0.6) is 0 Å². The van der Waals surface area contributed by atoms with Crippen LogP contribution in [-0.4, -0.2) is 12.6 Å². The van der Waals surface area contributed by atoms with Crippen molar-refractivity contribution >= 4 is 5.97 Å². The average Bonchev–Trinajstić information content (AvgIpc) is 2.87. The SMILES string of the molecule is N#CC1(C(=O)OCC2CC=CCC2)CCCC1. The molecule has 0 aliphatic heterocycles. The lowest BCUT2D eigenvalue weighted by Crippen LogP contribution is -2.30. The molecular formula is C14H19NO2. The van der Waals surface area contributed by atoms with E-state index in [4.69, 9.17) is 10.00 Å². The van der Waals surface area contributed by atoms with Crippen LogP contribution in [0.2, 0.25) is 0 Å². The molecule has 2 rings (SSSR count). The molecule has 0 aromatic carbocycles. The Balaban J connectivity index is 1.84. The number of hydrogen-bond donors (Lipinski definition) is 0. The number of carbonyl (C=O) groups excluding carboxylic acids is 1. The summed E-state index contributed by atoms with van der Waals surface area (Å²) < 4.78 is 5.36. The summed E-state index contributed by atoms with van der Waals surface area (Å²) in [6.07, 6.45) is 10.8. The van der Waals surface area contributed by atoms with Crippen molar-refractivity contribution in [3.05, 3.63) is 12.2 Å². The molecule has 17 heavy (non-hydrogen) atoms. The average molecular weight is 233 g/mol. The Labute approximate surface area is 102 Å².